The molecule has 2 aliphatic rings. The third-order valence-electron chi connectivity index (χ3n) is 4.35. The van der Waals surface area contributed by atoms with E-state index < -0.39 is 0 Å². The first-order chi connectivity index (χ1) is 7.82. The van der Waals surface area contributed by atoms with E-state index in [0.717, 1.165) is 17.9 Å². The second-order valence-corrected chi connectivity index (χ2v) is 6.25. The average molecular weight is 289 g/mol. The predicted octanol–water partition coefficient (Wildman–Crippen LogP) is 4.54. The van der Waals surface area contributed by atoms with Crippen molar-refractivity contribution in [3.8, 4) is 0 Å². The monoisotopic (exact) mass is 288 g/mol. The van der Waals surface area contributed by atoms with Crippen molar-refractivity contribution in [2.45, 2.75) is 64.4 Å². The molecule has 0 aromatic rings. The molecule has 0 radical (unpaired) electrons. The zero-order valence-corrected chi connectivity index (χ0v) is 12.1. The summed E-state index contributed by atoms with van der Waals surface area (Å²) < 4.78 is 6.01. The molecule has 1 nitrogen and oxygen atoms in total. The molecule has 1 saturated heterocycles. The van der Waals surface area contributed by atoms with Gasteiger partial charge in [-0.2, -0.15) is 0 Å². The molecular weight excluding hydrogens is 264 g/mol. The Hall–Kier alpha value is 0.440. The van der Waals surface area contributed by atoms with Gasteiger partial charge in [-0.05, 0) is 31.6 Å². The van der Waals surface area contributed by atoms with Crippen molar-refractivity contribution in [3.05, 3.63) is 0 Å². The molecule has 0 amide bonds. The normalized spacial score (nSPS) is 34.5. The van der Waals surface area contributed by atoms with Crippen LogP contribution in [0.5, 0.6) is 0 Å². The Morgan fingerprint density at radius 3 is 2.69 bits per heavy atom. The lowest BCUT2D eigenvalue weighted by Gasteiger charge is -2.32. The van der Waals surface area contributed by atoms with Gasteiger partial charge in [0.1, 0.15) is 0 Å². The van der Waals surface area contributed by atoms with Gasteiger partial charge in [-0.1, -0.05) is 48.5 Å². The van der Waals surface area contributed by atoms with Gasteiger partial charge in [0.05, 0.1) is 6.10 Å². The lowest BCUT2D eigenvalue weighted by atomic mass is 9.76. The van der Waals surface area contributed by atoms with Gasteiger partial charge < -0.3 is 4.74 Å². The Morgan fingerprint density at radius 2 is 2.06 bits per heavy atom. The molecule has 94 valence electrons. The molecule has 0 aromatic carbocycles. The van der Waals surface area contributed by atoms with Crippen molar-refractivity contribution in [2.24, 2.45) is 11.3 Å². The summed E-state index contributed by atoms with van der Waals surface area (Å²) in [7, 11) is 0. The van der Waals surface area contributed by atoms with Gasteiger partial charge in [0.25, 0.3) is 0 Å². The summed E-state index contributed by atoms with van der Waals surface area (Å²) in [6.07, 6.45) is 11.6. The third kappa shape index (κ3) is 2.81. The van der Waals surface area contributed by atoms with Crippen LogP contribution in [0.3, 0.4) is 0 Å². The lowest BCUT2D eigenvalue weighted by Crippen LogP contribution is -2.34. The maximum Gasteiger partial charge on any atom is 0.0668 e. The van der Waals surface area contributed by atoms with E-state index in [0.29, 0.717) is 11.5 Å². The van der Waals surface area contributed by atoms with Gasteiger partial charge in [0, 0.05) is 17.4 Å². The van der Waals surface area contributed by atoms with Crippen molar-refractivity contribution >= 4 is 15.9 Å². The molecule has 2 rings (SSSR count). The van der Waals surface area contributed by atoms with Crippen LogP contribution in [0.25, 0.3) is 0 Å². The molecule has 0 aromatic heterocycles. The Bertz CT molecular complexity index is 215. The summed E-state index contributed by atoms with van der Waals surface area (Å²) in [5.74, 6) is 0.895. The number of alkyl halides is 1. The molecule has 1 heterocycles. The summed E-state index contributed by atoms with van der Waals surface area (Å²) in [6.45, 7) is 3.28. The highest BCUT2D eigenvalue weighted by atomic mass is 79.9. The SMILES string of the molecule is CCCCCCC1(CBr)CCOC1C1CC1. The summed E-state index contributed by atoms with van der Waals surface area (Å²) in [5.41, 5.74) is 0.481. The maximum absolute atomic E-state index is 6.01. The van der Waals surface area contributed by atoms with Crippen LogP contribution < -0.4 is 0 Å². The Kier molecular flexibility index (Phi) is 4.72. The predicted molar refractivity (Wildman–Crippen MR) is 72.1 cm³/mol. The molecule has 2 fully saturated rings. The van der Waals surface area contributed by atoms with Crippen LogP contribution in [0.4, 0.5) is 0 Å². The average Bonchev–Trinajstić information content (AvgIpc) is 3.06. The number of rotatable bonds is 7. The van der Waals surface area contributed by atoms with Gasteiger partial charge in [0.15, 0.2) is 0 Å². The van der Waals surface area contributed by atoms with Gasteiger partial charge in [-0.3, -0.25) is 0 Å². The molecule has 0 N–H and O–H groups in total. The van der Waals surface area contributed by atoms with Crippen molar-refractivity contribution in [1.29, 1.82) is 0 Å². The van der Waals surface area contributed by atoms with Crippen LogP contribution >= 0.6 is 15.9 Å². The first-order valence-electron chi connectivity index (χ1n) is 7.00. The Morgan fingerprint density at radius 1 is 1.25 bits per heavy atom. The van der Waals surface area contributed by atoms with Crippen LogP contribution in [0.15, 0.2) is 0 Å². The van der Waals surface area contributed by atoms with Crippen LogP contribution in [-0.4, -0.2) is 18.0 Å². The van der Waals surface area contributed by atoms with Crippen LogP contribution in [0, 0.1) is 11.3 Å². The van der Waals surface area contributed by atoms with Crippen LogP contribution in [-0.2, 0) is 4.74 Å². The number of hydrogen-bond acceptors (Lipinski definition) is 1. The quantitative estimate of drug-likeness (QED) is 0.494. The zero-order chi connectivity index (χ0) is 11.4. The standard InChI is InChI=1S/C14H25BrO/c1-2-3-4-5-8-14(11-15)9-10-16-13(14)12-6-7-12/h12-13H,2-11H2,1H3. The number of ether oxygens (including phenoxy) is 1. The van der Waals surface area contributed by atoms with E-state index in [4.69, 9.17) is 4.74 Å². The zero-order valence-electron chi connectivity index (χ0n) is 10.5. The van der Waals surface area contributed by atoms with E-state index in [-0.39, 0.29) is 0 Å². The Labute approximate surface area is 108 Å². The molecular formula is C14H25BrO. The van der Waals surface area contributed by atoms with Crippen LogP contribution in [0.2, 0.25) is 0 Å². The number of unbranched alkanes of at least 4 members (excludes halogenated alkanes) is 3. The molecule has 2 heteroatoms. The van der Waals surface area contributed by atoms with E-state index in [1.54, 1.807) is 0 Å². The van der Waals surface area contributed by atoms with E-state index in [1.807, 2.05) is 0 Å². The van der Waals surface area contributed by atoms with Crippen LogP contribution in [0.1, 0.15) is 58.3 Å². The van der Waals surface area contributed by atoms with Crippen molar-refractivity contribution < 1.29 is 4.74 Å². The molecule has 1 saturated carbocycles. The van der Waals surface area contributed by atoms with Gasteiger partial charge in [-0.15, -0.1) is 0 Å². The molecule has 2 atom stereocenters. The third-order valence-corrected chi connectivity index (χ3v) is 5.46. The van der Waals surface area contributed by atoms with Crippen molar-refractivity contribution in [3.63, 3.8) is 0 Å². The highest BCUT2D eigenvalue weighted by molar-refractivity contribution is 9.09. The second-order valence-electron chi connectivity index (χ2n) is 5.69. The fraction of sp³-hybridized carbons (Fsp3) is 1.00. The first-order valence-corrected chi connectivity index (χ1v) is 8.12. The minimum absolute atomic E-state index is 0.481. The summed E-state index contributed by atoms with van der Waals surface area (Å²) in [4.78, 5) is 0. The maximum atomic E-state index is 6.01. The number of halogens is 1. The molecule has 0 bridgehead atoms. The molecule has 16 heavy (non-hydrogen) atoms. The molecule has 1 aliphatic heterocycles. The minimum atomic E-state index is 0.481. The Balaban J connectivity index is 1.84. The molecule has 1 aliphatic carbocycles. The van der Waals surface area contributed by atoms with E-state index in [1.165, 1.54) is 51.4 Å². The summed E-state index contributed by atoms with van der Waals surface area (Å²) >= 11 is 3.76. The summed E-state index contributed by atoms with van der Waals surface area (Å²) in [5, 5.41) is 1.15. The largest absolute Gasteiger partial charge is 0.377 e. The van der Waals surface area contributed by atoms with Gasteiger partial charge in [-0.25, -0.2) is 0 Å². The van der Waals surface area contributed by atoms with Crippen molar-refractivity contribution in [2.75, 3.05) is 11.9 Å². The molecule has 0 spiro atoms. The highest BCUT2D eigenvalue weighted by Gasteiger charge is 2.49. The van der Waals surface area contributed by atoms with E-state index in [9.17, 15) is 0 Å². The molecule has 2 unspecified atom stereocenters. The number of hydrogen-bond donors (Lipinski definition) is 0. The van der Waals surface area contributed by atoms with Gasteiger partial charge >= 0.3 is 0 Å². The summed E-state index contributed by atoms with van der Waals surface area (Å²) in [6, 6.07) is 0. The fourth-order valence-electron chi connectivity index (χ4n) is 3.12. The van der Waals surface area contributed by atoms with E-state index >= 15 is 0 Å². The smallest absolute Gasteiger partial charge is 0.0668 e. The first kappa shape index (κ1) is 12.9. The second kappa shape index (κ2) is 5.86. The van der Waals surface area contributed by atoms with E-state index in [2.05, 4.69) is 22.9 Å². The lowest BCUT2D eigenvalue weighted by molar-refractivity contribution is 0.0366. The fourth-order valence-corrected chi connectivity index (χ4v) is 4.00. The minimum Gasteiger partial charge on any atom is -0.377 e. The highest BCUT2D eigenvalue weighted by Crippen LogP contribution is 2.51. The van der Waals surface area contributed by atoms with Gasteiger partial charge in [0.2, 0.25) is 0 Å². The topological polar surface area (TPSA) is 9.23 Å². The van der Waals surface area contributed by atoms with Crippen molar-refractivity contribution in [1.82, 2.24) is 0 Å².